The fourth-order valence-corrected chi connectivity index (χ4v) is 2.16. The fraction of sp³-hybridized carbons (Fsp3) is 0.250. The Morgan fingerprint density at radius 1 is 1.16 bits per heavy atom. The number of nitrogen functional groups attached to an aromatic ring is 1. The van der Waals surface area contributed by atoms with Crippen molar-refractivity contribution in [3.8, 4) is 5.75 Å². The van der Waals surface area contributed by atoms with E-state index >= 15 is 0 Å². The highest BCUT2D eigenvalue weighted by atomic mass is 16.5. The van der Waals surface area contributed by atoms with Crippen LogP contribution in [0.3, 0.4) is 0 Å². The van der Waals surface area contributed by atoms with Crippen LogP contribution in [0.5, 0.6) is 5.75 Å². The van der Waals surface area contributed by atoms with Crippen LogP contribution in [0.1, 0.15) is 16.7 Å². The van der Waals surface area contributed by atoms with Crippen LogP contribution in [0.25, 0.3) is 0 Å². The number of benzene rings is 2. The molecule has 0 heterocycles. The van der Waals surface area contributed by atoms with E-state index in [1.165, 1.54) is 5.56 Å². The first-order chi connectivity index (χ1) is 9.11. The highest BCUT2D eigenvalue weighted by Gasteiger charge is 2.06. The molecule has 0 aromatic heterocycles. The van der Waals surface area contributed by atoms with Gasteiger partial charge in [0.25, 0.3) is 0 Å². The second-order valence-corrected chi connectivity index (χ2v) is 4.71. The molecule has 0 radical (unpaired) electrons. The highest BCUT2D eigenvalue weighted by Crippen LogP contribution is 2.25. The quantitative estimate of drug-likeness (QED) is 0.823. The number of ether oxygens (including phenoxy) is 1. The van der Waals surface area contributed by atoms with Gasteiger partial charge >= 0.3 is 0 Å². The van der Waals surface area contributed by atoms with Crippen LogP contribution in [0.15, 0.2) is 36.4 Å². The lowest BCUT2D eigenvalue weighted by Gasteiger charge is -2.14. The number of nitrogens with one attached hydrogen (secondary N) is 1. The Hall–Kier alpha value is -2.16. The Morgan fingerprint density at radius 2 is 1.95 bits per heavy atom. The number of nitrogens with two attached hydrogens (primary N) is 1. The first-order valence-corrected chi connectivity index (χ1v) is 6.34. The van der Waals surface area contributed by atoms with Crippen LogP contribution < -0.4 is 15.8 Å². The number of anilines is 2. The molecule has 0 bridgehead atoms. The molecule has 2 aromatic carbocycles. The molecule has 0 saturated carbocycles. The molecule has 0 aliphatic carbocycles. The van der Waals surface area contributed by atoms with Gasteiger partial charge in [0.05, 0.1) is 18.5 Å². The third-order valence-electron chi connectivity index (χ3n) is 3.20. The molecule has 2 rings (SSSR count). The van der Waals surface area contributed by atoms with Gasteiger partial charge in [-0.05, 0) is 31.5 Å². The van der Waals surface area contributed by atoms with E-state index in [1.807, 2.05) is 37.3 Å². The molecule has 0 amide bonds. The molecule has 0 aliphatic heterocycles. The van der Waals surface area contributed by atoms with Crippen LogP contribution in [0.4, 0.5) is 11.4 Å². The molecule has 0 saturated heterocycles. The van der Waals surface area contributed by atoms with Gasteiger partial charge in [0.1, 0.15) is 5.75 Å². The molecule has 3 N–H and O–H groups in total. The van der Waals surface area contributed by atoms with Gasteiger partial charge in [0.15, 0.2) is 0 Å². The Kier molecular flexibility index (Phi) is 3.95. The van der Waals surface area contributed by atoms with Crippen LogP contribution in [0.2, 0.25) is 0 Å². The van der Waals surface area contributed by atoms with E-state index in [0.29, 0.717) is 6.54 Å². The number of aryl methyl sites for hydroxylation is 2. The second kappa shape index (κ2) is 5.65. The molecule has 19 heavy (non-hydrogen) atoms. The van der Waals surface area contributed by atoms with Crippen molar-refractivity contribution in [2.24, 2.45) is 0 Å². The van der Waals surface area contributed by atoms with Crippen molar-refractivity contribution in [1.82, 2.24) is 0 Å². The summed E-state index contributed by atoms with van der Waals surface area (Å²) in [4.78, 5) is 0. The van der Waals surface area contributed by atoms with Gasteiger partial charge in [0, 0.05) is 12.1 Å². The van der Waals surface area contributed by atoms with Crippen LogP contribution in [-0.4, -0.2) is 7.11 Å². The smallest absolute Gasteiger partial charge is 0.123 e. The summed E-state index contributed by atoms with van der Waals surface area (Å²) >= 11 is 0. The first-order valence-electron chi connectivity index (χ1n) is 6.34. The standard InChI is InChI=1S/C16H20N2O/c1-11-7-8-15(19-3)13(9-11)10-18-16-12(2)5-4-6-14(16)17/h4-9,18H,10,17H2,1-3H3. The maximum Gasteiger partial charge on any atom is 0.123 e. The van der Waals surface area contributed by atoms with Crippen molar-refractivity contribution in [2.75, 3.05) is 18.2 Å². The summed E-state index contributed by atoms with van der Waals surface area (Å²) in [5.74, 6) is 0.894. The summed E-state index contributed by atoms with van der Waals surface area (Å²) in [6, 6.07) is 12.1. The Labute approximate surface area is 114 Å². The predicted molar refractivity (Wildman–Crippen MR) is 80.6 cm³/mol. The number of rotatable bonds is 4. The molecule has 0 unspecified atom stereocenters. The van der Waals surface area contributed by atoms with Crippen LogP contribution >= 0.6 is 0 Å². The molecule has 0 spiro atoms. The zero-order valence-electron chi connectivity index (χ0n) is 11.7. The summed E-state index contributed by atoms with van der Waals surface area (Å²) in [7, 11) is 1.69. The van der Waals surface area contributed by atoms with Crippen LogP contribution in [-0.2, 0) is 6.54 Å². The van der Waals surface area contributed by atoms with E-state index in [4.69, 9.17) is 10.5 Å². The van der Waals surface area contributed by atoms with E-state index in [9.17, 15) is 0 Å². The third-order valence-corrected chi connectivity index (χ3v) is 3.20. The summed E-state index contributed by atoms with van der Waals surface area (Å²) in [5, 5.41) is 3.39. The number of hydrogen-bond acceptors (Lipinski definition) is 3. The molecule has 3 heteroatoms. The van der Waals surface area contributed by atoms with Crippen LogP contribution in [0, 0.1) is 13.8 Å². The molecule has 3 nitrogen and oxygen atoms in total. The van der Waals surface area contributed by atoms with Crippen molar-refractivity contribution < 1.29 is 4.74 Å². The van der Waals surface area contributed by atoms with Crippen molar-refractivity contribution in [2.45, 2.75) is 20.4 Å². The van der Waals surface area contributed by atoms with Gasteiger partial charge in [-0.3, -0.25) is 0 Å². The Bertz CT molecular complexity index is 559. The summed E-state index contributed by atoms with van der Waals surface area (Å²) in [6.07, 6.45) is 0. The third kappa shape index (κ3) is 2.99. The fourth-order valence-electron chi connectivity index (χ4n) is 2.16. The van der Waals surface area contributed by atoms with Crippen molar-refractivity contribution in [3.63, 3.8) is 0 Å². The summed E-state index contributed by atoms with van der Waals surface area (Å²) < 4.78 is 5.38. The number of hydrogen-bond donors (Lipinski definition) is 2. The normalized spacial score (nSPS) is 10.3. The van der Waals surface area contributed by atoms with E-state index in [2.05, 4.69) is 18.3 Å². The second-order valence-electron chi connectivity index (χ2n) is 4.71. The number of para-hydroxylation sites is 1. The Balaban J connectivity index is 2.21. The Morgan fingerprint density at radius 3 is 2.63 bits per heavy atom. The van der Waals surface area contributed by atoms with Gasteiger partial charge in [-0.15, -0.1) is 0 Å². The SMILES string of the molecule is COc1ccc(C)cc1CNc1c(C)cccc1N. The van der Waals surface area contributed by atoms with E-state index < -0.39 is 0 Å². The molecular weight excluding hydrogens is 236 g/mol. The zero-order valence-corrected chi connectivity index (χ0v) is 11.7. The highest BCUT2D eigenvalue weighted by molar-refractivity contribution is 5.70. The lowest BCUT2D eigenvalue weighted by atomic mass is 10.1. The molecular formula is C16H20N2O. The molecule has 100 valence electrons. The van der Waals surface area contributed by atoms with Gasteiger partial charge < -0.3 is 15.8 Å². The topological polar surface area (TPSA) is 47.3 Å². The lowest BCUT2D eigenvalue weighted by Crippen LogP contribution is -2.05. The van der Waals surface area contributed by atoms with E-state index in [0.717, 1.165) is 28.3 Å². The lowest BCUT2D eigenvalue weighted by molar-refractivity contribution is 0.410. The average Bonchev–Trinajstić information content (AvgIpc) is 2.38. The minimum Gasteiger partial charge on any atom is -0.496 e. The van der Waals surface area contributed by atoms with Crippen molar-refractivity contribution in [3.05, 3.63) is 53.1 Å². The van der Waals surface area contributed by atoms with E-state index in [1.54, 1.807) is 7.11 Å². The maximum absolute atomic E-state index is 5.99. The van der Waals surface area contributed by atoms with E-state index in [-0.39, 0.29) is 0 Å². The maximum atomic E-state index is 5.99. The van der Waals surface area contributed by atoms with Gasteiger partial charge in [0.2, 0.25) is 0 Å². The first kappa shape index (κ1) is 13.3. The molecule has 0 atom stereocenters. The molecule has 0 aliphatic rings. The zero-order chi connectivity index (χ0) is 13.8. The summed E-state index contributed by atoms with van der Waals surface area (Å²) in [6.45, 7) is 4.82. The number of methoxy groups -OCH3 is 1. The van der Waals surface area contributed by atoms with Gasteiger partial charge in [-0.1, -0.05) is 29.8 Å². The molecule has 2 aromatic rings. The largest absolute Gasteiger partial charge is 0.496 e. The summed E-state index contributed by atoms with van der Waals surface area (Å²) in [5.41, 5.74) is 11.2. The minimum atomic E-state index is 0.694. The average molecular weight is 256 g/mol. The van der Waals surface area contributed by atoms with Crippen molar-refractivity contribution in [1.29, 1.82) is 0 Å². The van der Waals surface area contributed by atoms with Crippen molar-refractivity contribution >= 4 is 11.4 Å². The van der Waals surface area contributed by atoms with Gasteiger partial charge in [-0.25, -0.2) is 0 Å². The monoisotopic (exact) mass is 256 g/mol. The predicted octanol–water partition coefficient (Wildman–Crippen LogP) is 3.51. The molecule has 0 fully saturated rings. The van der Waals surface area contributed by atoms with Gasteiger partial charge in [-0.2, -0.15) is 0 Å². The minimum absolute atomic E-state index is 0.694.